The minimum Gasteiger partial charge on any atom is -0.463 e. The van der Waals surface area contributed by atoms with Crippen molar-refractivity contribution in [3.8, 4) is 0 Å². The maximum absolute atomic E-state index is 11.0. The molecule has 0 saturated carbocycles. The number of esters is 2. The third kappa shape index (κ3) is 11.1. The molecule has 17 heavy (non-hydrogen) atoms. The predicted octanol–water partition coefficient (Wildman–Crippen LogP) is -0.609. The van der Waals surface area contributed by atoms with E-state index in [2.05, 4.69) is 17.8 Å². The summed E-state index contributed by atoms with van der Waals surface area (Å²) in [6.07, 6.45) is 0. The van der Waals surface area contributed by atoms with Gasteiger partial charge in [0, 0.05) is 13.8 Å². The largest absolute Gasteiger partial charge is 0.463 e. The molecule has 0 bridgehead atoms. The van der Waals surface area contributed by atoms with Crippen molar-refractivity contribution in [2.45, 2.75) is 13.8 Å². The summed E-state index contributed by atoms with van der Waals surface area (Å²) in [6, 6.07) is 0. The number of hydrogen-bond acceptors (Lipinski definition) is 8. The van der Waals surface area contributed by atoms with E-state index in [0.717, 1.165) is 0 Å². The van der Waals surface area contributed by atoms with E-state index in [0.29, 0.717) is 0 Å². The summed E-state index contributed by atoms with van der Waals surface area (Å²) in [6.45, 7) is 1.31. The monoisotopic (exact) mass is 270 g/mol. The Kier molecular flexibility index (Phi) is 7.42. The highest BCUT2D eigenvalue weighted by Gasteiger charge is 2.12. The zero-order valence-corrected chi connectivity index (χ0v) is 10.3. The van der Waals surface area contributed by atoms with Crippen LogP contribution in [0, 0.1) is 0 Å². The summed E-state index contributed by atoms with van der Waals surface area (Å²) in [5, 5.41) is 0. The van der Waals surface area contributed by atoms with Crippen molar-refractivity contribution in [2.24, 2.45) is 0 Å². The Labute approximate surface area is 99.1 Å². The first-order chi connectivity index (χ1) is 7.83. The van der Waals surface area contributed by atoms with Crippen molar-refractivity contribution < 1.29 is 35.8 Å². The Morgan fingerprint density at radius 2 is 1.18 bits per heavy atom. The molecule has 0 radical (unpaired) electrons. The summed E-state index contributed by atoms with van der Waals surface area (Å²) in [4.78, 5) is 20.7. The Morgan fingerprint density at radius 3 is 1.47 bits per heavy atom. The molecule has 0 unspecified atom stereocenters. The van der Waals surface area contributed by atoms with Gasteiger partial charge < -0.3 is 9.47 Å². The second-order valence-electron chi connectivity index (χ2n) is 2.73. The van der Waals surface area contributed by atoms with E-state index >= 15 is 0 Å². The molecule has 0 aliphatic heterocycles. The normalized spacial score (nSPS) is 10.9. The molecule has 0 fully saturated rings. The van der Waals surface area contributed by atoms with Crippen LogP contribution in [0.15, 0.2) is 0 Å². The van der Waals surface area contributed by atoms with Crippen LogP contribution in [0.2, 0.25) is 0 Å². The van der Waals surface area contributed by atoms with Crippen LogP contribution < -0.4 is 0 Å². The molecule has 0 amide bonds. The standard InChI is InChI=1S/C8H14O8S/c1-7(9)13-3-5-15-17(11,12)16-6-4-14-8(2)10/h3-6H2,1-2H3. The summed E-state index contributed by atoms with van der Waals surface area (Å²) >= 11 is 0. The van der Waals surface area contributed by atoms with Crippen molar-refractivity contribution >= 4 is 22.3 Å². The average molecular weight is 270 g/mol. The zero-order chi connectivity index (χ0) is 13.3. The van der Waals surface area contributed by atoms with Crippen molar-refractivity contribution in [1.82, 2.24) is 0 Å². The molecule has 0 N–H and O–H groups in total. The van der Waals surface area contributed by atoms with Gasteiger partial charge >= 0.3 is 22.3 Å². The fourth-order valence-electron chi connectivity index (χ4n) is 0.677. The SMILES string of the molecule is CC(=O)OCCOS(=O)(=O)OCCOC(C)=O. The van der Waals surface area contributed by atoms with E-state index in [4.69, 9.17) is 0 Å². The van der Waals surface area contributed by atoms with E-state index in [-0.39, 0.29) is 26.4 Å². The third-order valence-corrected chi connectivity index (χ3v) is 2.14. The van der Waals surface area contributed by atoms with Gasteiger partial charge in [-0.05, 0) is 0 Å². The van der Waals surface area contributed by atoms with Crippen LogP contribution in [0.1, 0.15) is 13.8 Å². The molecular weight excluding hydrogens is 256 g/mol. The molecule has 0 atom stereocenters. The second kappa shape index (κ2) is 7.98. The van der Waals surface area contributed by atoms with Crippen LogP contribution in [-0.4, -0.2) is 46.8 Å². The first-order valence-electron chi connectivity index (χ1n) is 4.64. The molecule has 9 heteroatoms. The van der Waals surface area contributed by atoms with E-state index in [1.165, 1.54) is 13.8 Å². The number of rotatable bonds is 8. The van der Waals surface area contributed by atoms with Gasteiger partial charge in [0.15, 0.2) is 0 Å². The van der Waals surface area contributed by atoms with Crippen LogP contribution in [0.25, 0.3) is 0 Å². The van der Waals surface area contributed by atoms with Crippen LogP contribution in [0.4, 0.5) is 0 Å². The van der Waals surface area contributed by atoms with Crippen molar-refractivity contribution in [3.05, 3.63) is 0 Å². The fraction of sp³-hybridized carbons (Fsp3) is 0.750. The molecule has 8 nitrogen and oxygen atoms in total. The highest BCUT2D eigenvalue weighted by atomic mass is 32.3. The predicted molar refractivity (Wildman–Crippen MR) is 54.1 cm³/mol. The van der Waals surface area contributed by atoms with Gasteiger partial charge in [0.25, 0.3) is 0 Å². The lowest BCUT2D eigenvalue weighted by atomic mass is 10.7. The summed E-state index contributed by atoms with van der Waals surface area (Å²) in [7, 11) is -4.16. The van der Waals surface area contributed by atoms with Gasteiger partial charge in [0.05, 0.1) is 0 Å². The smallest absolute Gasteiger partial charge is 0.400 e. The Hall–Kier alpha value is -1.19. The number of carbonyl (C=O) groups is 2. The molecule has 0 heterocycles. The van der Waals surface area contributed by atoms with Crippen LogP contribution in [0.5, 0.6) is 0 Å². The van der Waals surface area contributed by atoms with Gasteiger partial charge in [-0.1, -0.05) is 0 Å². The second-order valence-corrected chi connectivity index (χ2v) is 4.02. The first kappa shape index (κ1) is 15.8. The van der Waals surface area contributed by atoms with Gasteiger partial charge in [0.1, 0.15) is 26.4 Å². The molecule has 0 spiro atoms. The van der Waals surface area contributed by atoms with E-state index in [9.17, 15) is 18.0 Å². The van der Waals surface area contributed by atoms with Gasteiger partial charge in [-0.2, -0.15) is 8.42 Å². The molecule has 0 aliphatic carbocycles. The molecule has 0 aliphatic rings. The molecule has 100 valence electrons. The van der Waals surface area contributed by atoms with E-state index in [1.54, 1.807) is 0 Å². The molecule has 0 aromatic carbocycles. The van der Waals surface area contributed by atoms with Gasteiger partial charge in [0.2, 0.25) is 0 Å². The van der Waals surface area contributed by atoms with E-state index < -0.39 is 22.3 Å². The maximum Gasteiger partial charge on any atom is 0.400 e. The summed E-state index contributed by atoms with van der Waals surface area (Å²) < 4.78 is 39.5. The minimum atomic E-state index is -4.16. The molecule has 0 aromatic rings. The lowest BCUT2D eigenvalue weighted by Crippen LogP contribution is -2.17. The van der Waals surface area contributed by atoms with Gasteiger partial charge in [-0.15, -0.1) is 0 Å². The quantitative estimate of drug-likeness (QED) is 0.425. The van der Waals surface area contributed by atoms with Crippen LogP contribution >= 0.6 is 0 Å². The number of ether oxygens (including phenoxy) is 2. The number of carbonyl (C=O) groups excluding carboxylic acids is 2. The molecule has 0 aromatic heterocycles. The Morgan fingerprint density at radius 1 is 0.824 bits per heavy atom. The Balaban J connectivity index is 3.66. The van der Waals surface area contributed by atoms with Gasteiger partial charge in [-0.3, -0.25) is 9.59 Å². The number of hydrogen-bond donors (Lipinski definition) is 0. The lowest BCUT2D eigenvalue weighted by Gasteiger charge is -2.06. The molecular formula is C8H14O8S. The third-order valence-electron chi connectivity index (χ3n) is 1.23. The average Bonchev–Trinajstić information content (AvgIpc) is 2.19. The van der Waals surface area contributed by atoms with Crippen LogP contribution in [0.3, 0.4) is 0 Å². The van der Waals surface area contributed by atoms with Crippen molar-refractivity contribution in [1.29, 1.82) is 0 Å². The van der Waals surface area contributed by atoms with Gasteiger partial charge in [-0.25, -0.2) is 8.37 Å². The van der Waals surface area contributed by atoms with E-state index in [1.807, 2.05) is 0 Å². The van der Waals surface area contributed by atoms with Crippen molar-refractivity contribution in [2.75, 3.05) is 26.4 Å². The Bertz CT molecular complexity index is 319. The topological polar surface area (TPSA) is 105 Å². The summed E-state index contributed by atoms with van der Waals surface area (Å²) in [5.41, 5.74) is 0. The van der Waals surface area contributed by atoms with Crippen LogP contribution in [-0.2, 0) is 37.8 Å². The lowest BCUT2D eigenvalue weighted by molar-refractivity contribution is -0.142. The zero-order valence-electron chi connectivity index (χ0n) is 9.50. The maximum atomic E-state index is 11.0. The summed E-state index contributed by atoms with van der Waals surface area (Å²) in [5.74, 6) is -1.08. The molecule has 0 saturated heterocycles. The highest BCUT2D eigenvalue weighted by molar-refractivity contribution is 7.81. The first-order valence-corrected chi connectivity index (χ1v) is 5.97. The minimum absolute atomic E-state index is 0.193. The molecule has 0 rings (SSSR count). The van der Waals surface area contributed by atoms with Crippen molar-refractivity contribution in [3.63, 3.8) is 0 Å². The highest BCUT2D eigenvalue weighted by Crippen LogP contribution is 1.96. The fourth-order valence-corrected chi connectivity index (χ4v) is 1.29.